The first kappa shape index (κ1) is 18.1. The molecule has 0 aliphatic heterocycles. The molecular weight excluding hydrogens is 322 g/mol. The second-order valence-electron chi connectivity index (χ2n) is 5.96. The molecule has 0 saturated heterocycles. The number of carbonyl (C=O) groups excluding carboxylic acids is 2. The number of thiazole rings is 1. The molecule has 0 atom stereocenters. The predicted octanol–water partition coefficient (Wildman–Crippen LogP) is 2.98. The van der Waals surface area contributed by atoms with Crippen molar-refractivity contribution in [2.75, 3.05) is 27.2 Å². The summed E-state index contributed by atoms with van der Waals surface area (Å²) in [6.07, 6.45) is 1.60. The first-order chi connectivity index (χ1) is 11.3. The summed E-state index contributed by atoms with van der Waals surface area (Å²) in [6.45, 7) is 6.52. The lowest BCUT2D eigenvalue weighted by molar-refractivity contribution is -0.129. The summed E-state index contributed by atoms with van der Waals surface area (Å²) in [5.74, 6) is -0.245. The van der Waals surface area contributed by atoms with Gasteiger partial charge < -0.3 is 9.80 Å². The third-order valence-corrected chi connectivity index (χ3v) is 4.84. The molecule has 24 heavy (non-hydrogen) atoms. The summed E-state index contributed by atoms with van der Waals surface area (Å²) in [5.41, 5.74) is 3.37. The van der Waals surface area contributed by atoms with E-state index in [1.165, 1.54) is 21.8 Å². The van der Waals surface area contributed by atoms with Gasteiger partial charge in [-0.15, -0.1) is 11.3 Å². The Morgan fingerprint density at radius 2 is 1.92 bits per heavy atom. The van der Waals surface area contributed by atoms with E-state index in [4.69, 9.17) is 0 Å². The molecule has 0 bridgehead atoms. The Balaban J connectivity index is 2.22. The number of hydrogen-bond acceptors (Lipinski definition) is 4. The summed E-state index contributed by atoms with van der Waals surface area (Å²) in [7, 11) is 3.37. The first-order valence-electron chi connectivity index (χ1n) is 7.86. The number of aromatic nitrogens is 1. The zero-order chi connectivity index (χ0) is 17.9. The maximum atomic E-state index is 12.6. The molecule has 0 radical (unpaired) electrons. The summed E-state index contributed by atoms with van der Waals surface area (Å²) < 4.78 is 0. The van der Waals surface area contributed by atoms with Crippen molar-refractivity contribution in [3.8, 4) is 10.6 Å². The highest BCUT2D eigenvalue weighted by atomic mass is 32.1. The molecule has 6 heteroatoms. The SMILES string of the molecule is CCN(CC(=O)N(C)C)C(=O)c1cnc(-c2ccc(C)cc2C)s1. The highest BCUT2D eigenvalue weighted by Gasteiger charge is 2.21. The van der Waals surface area contributed by atoms with Gasteiger partial charge in [0.2, 0.25) is 5.91 Å². The van der Waals surface area contributed by atoms with Gasteiger partial charge in [-0.1, -0.05) is 23.8 Å². The molecular formula is C18H23N3O2S. The molecule has 2 aromatic rings. The van der Waals surface area contributed by atoms with Gasteiger partial charge in [0.05, 0.1) is 6.20 Å². The van der Waals surface area contributed by atoms with Crippen LogP contribution in [0, 0.1) is 13.8 Å². The van der Waals surface area contributed by atoms with Crippen LogP contribution in [0.1, 0.15) is 27.7 Å². The highest BCUT2D eigenvalue weighted by Crippen LogP contribution is 2.29. The van der Waals surface area contributed by atoms with Crippen LogP contribution in [0.3, 0.4) is 0 Å². The zero-order valence-corrected chi connectivity index (χ0v) is 15.6. The number of rotatable bonds is 5. The lowest BCUT2D eigenvalue weighted by Gasteiger charge is -2.21. The molecule has 5 nitrogen and oxygen atoms in total. The molecule has 0 fully saturated rings. The minimum Gasteiger partial charge on any atom is -0.347 e. The largest absolute Gasteiger partial charge is 0.347 e. The highest BCUT2D eigenvalue weighted by molar-refractivity contribution is 7.16. The molecule has 128 valence electrons. The standard InChI is InChI=1S/C18H23N3O2S/c1-6-21(11-16(22)20(4)5)18(23)15-10-19-17(24-15)14-8-7-12(2)9-13(14)3/h7-10H,6,11H2,1-5H3. The second-order valence-corrected chi connectivity index (χ2v) is 6.99. The van der Waals surface area contributed by atoms with Crippen molar-refractivity contribution >= 4 is 23.2 Å². The van der Waals surface area contributed by atoms with Crippen molar-refractivity contribution in [2.24, 2.45) is 0 Å². The van der Waals surface area contributed by atoms with Gasteiger partial charge in [0.1, 0.15) is 16.4 Å². The number of nitrogens with zero attached hydrogens (tertiary/aromatic N) is 3. The smallest absolute Gasteiger partial charge is 0.266 e. The van der Waals surface area contributed by atoms with Crippen molar-refractivity contribution in [3.05, 3.63) is 40.4 Å². The Bertz CT molecular complexity index is 752. The van der Waals surface area contributed by atoms with Gasteiger partial charge in [-0.05, 0) is 26.3 Å². The molecule has 0 saturated carbocycles. The molecule has 1 heterocycles. The Morgan fingerprint density at radius 3 is 2.50 bits per heavy atom. The van der Waals surface area contributed by atoms with Gasteiger partial charge >= 0.3 is 0 Å². The van der Waals surface area contributed by atoms with Crippen LogP contribution >= 0.6 is 11.3 Å². The van der Waals surface area contributed by atoms with Crippen LogP contribution in [-0.2, 0) is 4.79 Å². The fourth-order valence-electron chi connectivity index (χ4n) is 2.34. The summed E-state index contributed by atoms with van der Waals surface area (Å²) in [5, 5.41) is 0.825. The number of carbonyl (C=O) groups is 2. The number of likely N-dealkylation sites (N-methyl/N-ethyl adjacent to an activating group) is 2. The number of hydrogen-bond donors (Lipinski definition) is 0. The van der Waals surface area contributed by atoms with E-state index in [1.807, 2.05) is 26.0 Å². The van der Waals surface area contributed by atoms with Gasteiger partial charge in [-0.25, -0.2) is 4.98 Å². The van der Waals surface area contributed by atoms with Crippen molar-refractivity contribution in [1.29, 1.82) is 0 Å². The van der Waals surface area contributed by atoms with Crippen LogP contribution in [0.25, 0.3) is 10.6 Å². The van der Waals surface area contributed by atoms with Crippen molar-refractivity contribution in [3.63, 3.8) is 0 Å². The lowest BCUT2D eigenvalue weighted by Crippen LogP contribution is -2.39. The first-order valence-corrected chi connectivity index (χ1v) is 8.68. The topological polar surface area (TPSA) is 53.5 Å². The van der Waals surface area contributed by atoms with E-state index in [-0.39, 0.29) is 18.4 Å². The van der Waals surface area contributed by atoms with Crippen LogP contribution in [-0.4, -0.2) is 53.8 Å². The predicted molar refractivity (Wildman–Crippen MR) is 97.3 cm³/mol. The minimum atomic E-state index is -0.152. The summed E-state index contributed by atoms with van der Waals surface area (Å²) in [4.78, 5) is 32.5. The Kier molecular flexibility index (Phi) is 5.72. The van der Waals surface area contributed by atoms with E-state index >= 15 is 0 Å². The van der Waals surface area contributed by atoms with Gasteiger partial charge in [0.25, 0.3) is 5.91 Å². The van der Waals surface area contributed by atoms with Crippen LogP contribution in [0.15, 0.2) is 24.4 Å². The van der Waals surface area contributed by atoms with Crippen molar-refractivity contribution in [1.82, 2.24) is 14.8 Å². The van der Waals surface area contributed by atoms with Crippen LogP contribution in [0.5, 0.6) is 0 Å². The molecule has 2 amide bonds. The fraction of sp³-hybridized carbons (Fsp3) is 0.389. The van der Waals surface area contributed by atoms with Crippen molar-refractivity contribution in [2.45, 2.75) is 20.8 Å². The molecule has 0 aliphatic carbocycles. The molecule has 1 aromatic carbocycles. The van der Waals surface area contributed by atoms with Crippen LogP contribution in [0.4, 0.5) is 0 Å². The minimum absolute atomic E-state index is 0.0825. The average molecular weight is 345 g/mol. The van der Waals surface area contributed by atoms with E-state index in [0.29, 0.717) is 11.4 Å². The fourth-order valence-corrected chi connectivity index (χ4v) is 3.31. The number of benzene rings is 1. The average Bonchev–Trinajstić information content (AvgIpc) is 3.01. The molecule has 0 spiro atoms. The molecule has 1 aromatic heterocycles. The second kappa shape index (κ2) is 7.57. The molecule has 0 unspecified atom stereocenters. The van der Waals surface area contributed by atoms with E-state index < -0.39 is 0 Å². The van der Waals surface area contributed by atoms with E-state index in [9.17, 15) is 9.59 Å². The Morgan fingerprint density at radius 1 is 1.21 bits per heavy atom. The van der Waals surface area contributed by atoms with Gasteiger partial charge in [0, 0.05) is 26.2 Å². The Labute approximate surface area is 146 Å². The van der Waals surface area contributed by atoms with Crippen LogP contribution in [0.2, 0.25) is 0 Å². The van der Waals surface area contributed by atoms with Gasteiger partial charge in [-0.3, -0.25) is 9.59 Å². The summed E-state index contributed by atoms with van der Waals surface area (Å²) in [6, 6.07) is 6.18. The monoisotopic (exact) mass is 345 g/mol. The molecule has 2 rings (SSSR count). The van der Waals surface area contributed by atoms with Gasteiger partial charge in [-0.2, -0.15) is 0 Å². The van der Waals surface area contributed by atoms with E-state index in [0.717, 1.165) is 16.1 Å². The number of aryl methyl sites for hydroxylation is 2. The zero-order valence-electron chi connectivity index (χ0n) is 14.8. The third-order valence-electron chi connectivity index (χ3n) is 3.82. The third kappa shape index (κ3) is 4.00. The van der Waals surface area contributed by atoms with E-state index in [1.54, 1.807) is 25.2 Å². The quantitative estimate of drug-likeness (QED) is 0.837. The Hall–Kier alpha value is -2.21. The maximum absolute atomic E-state index is 12.6. The maximum Gasteiger partial charge on any atom is 0.266 e. The van der Waals surface area contributed by atoms with E-state index in [2.05, 4.69) is 18.0 Å². The van der Waals surface area contributed by atoms with Gasteiger partial charge in [0.15, 0.2) is 0 Å². The number of amides is 2. The molecule has 0 aliphatic rings. The summed E-state index contributed by atoms with van der Waals surface area (Å²) >= 11 is 1.37. The normalized spacial score (nSPS) is 10.5. The van der Waals surface area contributed by atoms with Crippen molar-refractivity contribution < 1.29 is 9.59 Å². The molecule has 0 N–H and O–H groups in total. The van der Waals surface area contributed by atoms with Crippen LogP contribution < -0.4 is 0 Å². The lowest BCUT2D eigenvalue weighted by atomic mass is 10.1.